The first kappa shape index (κ1) is 15.3. The third kappa shape index (κ3) is 3.96. The fraction of sp³-hybridized carbons (Fsp3) is 0.600. The van der Waals surface area contributed by atoms with E-state index in [0.717, 1.165) is 17.7 Å². The highest BCUT2D eigenvalue weighted by molar-refractivity contribution is 5.26. The average Bonchev–Trinajstić information content (AvgIpc) is 3.21. The summed E-state index contributed by atoms with van der Waals surface area (Å²) in [6.07, 6.45) is -1.89. The van der Waals surface area contributed by atoms with Crippen molar-refractivity contribution < 1.29 is 17.9 Å². The average molecular weight is 287 g/mol. The van der Waals surface area contributed by atoms with E-state index >= 15 is 0 Å². The number of hydrogen-bond acceptors (Lipinski definition) is 2. The van der Waals surface area contributed by atoms with E-state index in [2.05, 4.69) is 5.32 Å². The number of hydrogen-bond donors (Lipinski definition) is 1. The Bertz CT molecular complexity index is 426. The number of methoxy groups -OCH3 is 1. The van der Waals surface area contributed by atoms with Crippen LogP contribution in [0.5, 0.6) is 0 Å². The lowest BCUT2D eigenvalue weighted by Crippen LogP contribution is -2.37. The topological polar surface area (TPSA) is 21.3 Å². The number of ether oxygens (including phenoxy) is 1. The van der Waals surface area contributed by atoms with E-state index in [4.69, 9.17) is 4.74 Å². The number of alkyl halides is 3. The number of nitrogens with one attached hydrogen (secondary N) is 1. The fourth-order valence-electron chi connectivity index (χ4n) is 2.38. The Labute approximate surface area is 117 Å². The molecular weight excluding hydrogens is 267 g/mol. The first-order valence-electron chi connectivity index (χ1n) is 6.84. The van der Waals surface area contributed by atoms with Gasteiger partial charge < -0.3 is 10.1 Å². The lowest BCUT2D eigenvalue weighted by molar-refractivity contribution is -0.137. The molecule has 2 nitrogen and oxygen atoms in total. The molecule has 2 atom stereocenters. The van der Waals surface area contributed by atoms with Gasteiger partial charge >= 0.3 is 6.18 Å². The van der Waals surface area contributed by atoms with Crippen molar-refractivity contribution in [1.82, 2.24) is 5.32 Å². The molecule has 1 aliphatic carbocycles. The third-order valence-corrected chi connectivity index (χ3v) is 3.74. The summed E-state index contributed by atoms with van der Waals surface area (Å²) < 4.78 is 42.7. The van der Waals surface area contributed by atoms with Crippen LogP contribution in [0.4, 0.5) is 13.2 Å². The van der Waals surface area contributed by atoms with Gasteiger partial charge in [-0.3, -0.25) is 0 Å². The van der Waals surface area contributed by atoms with Crippen molar-refractivity contribution in [2.75, 3.05) is 13.7 Å². The molecule has 0 bridgehead atoms. The monoisotopic (exact) mass is 287 g/mol. The predicted molar refractivity (Wildman–Crippen MR) is 71.4 cm³/mol. The van der Waals surface area contributed by atoms with E-state index in [1.165, 1.54) is 25.0 Å². The van der Waals surface area contributed by atoms with Gasteiger partial charge in [0.25, 0.3) is 0 Å². The summed E-state index contributed by atoms with van der Waals surface area (Å²) in [7, 11) is 1.67. The molecule has 1 aliphatic rings. The van der Waals surface area contributed by atoms with Gasteiger partial charge in [0, 0.05) is 19.2 Å². The molecule has 20 heavy (non-hydrogen) atoms. The maximum Gasteiger partial charge on any atom is 0.416 e. The minimum atomic E-state index is -4.28. The number of rotatable bonds is 6. The quantitative estimate of drug-likeness (QED) is 0.859. The Balaban J connectivity index is 1.99. The molecular formula is C15H20F3NO. The van der Waals surface area contributed by atoms with Crippen LogP contribution in [0, 0.1) is 5.92 Å². The minimum Gasteiger partial charge on any atom is -0.383 e. The molecule has 112 valence electrons. The Morgan fingerprint density at radius 3 is 2.30 bits per heavy atom. The Hall–Kier alpha value is -1.07. The van der Waals surface area contributed by atoms with Gasteiger partial charge in [0.2, 0.25) is 0 Å². The molecule has 0 heterocycles. The van der Waals surface area contributed by atoms with Crippen molar-refractivity contribution in [2.45, 2.75) is 38.0 Å². The molecule has 1 aromatic rings. The molecule has 1 fully saturated rings. The van der Waals surface area contributed by atoms with Gasteiger partial charge in [-0.05, 0) is 43.4 Å². The van der Waals surface area contributed by atoms with Crippen LogP contribution in [0.3, 0.4) is 0 Å². The van der Waals surface area contributed by atoms with Crippen LogP contribution in [0.2, 0.25) is 0 Å². The summed E-state index contributed by atoms with van der Waals surface area (Å²) in [6, 6.07) is 5.63. The van der Waals surface area contributed by atoms with E-state index in [1.807, 2.05) is 6.92 Å². The first-order valence-corrected chi connectivity index (χ1v) is 6.84. The molecule has 1 N–H and O–H groups in total. The van der Waals surface area contributed by atoms with Gasteiger partial charge in [0.05, 0.1) is 12.2 Å². The van der Waals surface area contributed by atoms with Gasteiger partial charge in [-0.1, -0.05) is 12.1 Å². The minimum absolute atomic E-state index is 0.0121. The predicted octanol–water partition coefficient (Wildman–Crippen LogP) is 3.78. The Morgan fingerprint density at radius 1 is 1.25 bits per heavy atom. The second-order valence-corrected chi connectivity index (χ2v) is 5.41. The summed E-state index contributed by atoms with van der Waals surface area (Å²) in [6.45, 7) is 2.60. The molecule has 0 radical (unpaired) electrons. The van der Waals surface area contributed by atoms with Gasteiger partial charge in [-0.25, -0.2) is 0 Å². The largest absolute Gasteiger partial charge is 0.416 e. The van der Waals surface area contributed by atoms with Gasteiger partial charge in [0.15, 0.2) is 0 Å². The van der Waals surface area contributed by atoms with E-state index < -0.39 is 11.7 Å². The molecule has 0 aliphatic heterocycles. The van der Waals surface area contributed by atoms with Crippen molar-refractivity contribution in [3.63, 3.8) is 0 Å². The second kappa shape index (κ2) is 6.14. The van der Waals surface area contributed by atoms with E-state index in [1.54, 1.807) is 7.11 Å². The van der Waals surface area contributed by atoms with Crippen molar-refractivity contribution >= 4 is 0 Å². The highest BCUT2D eigenvalue weighted by atomic mass is 19.4. The standard InChI is InChI=1S/C15H20F3NO/c1-10(19-14(9-20-2)12-3-4-12)11-5-7-13(8-6-11)15(16,17)18/h5-8,10,12,14,19H,3-4,9H2,1-2H3. The summed E-state index contributed by atoms with van der Waals surface area (Å²) in [5.41, 5.74) is 0.254. The zero-order valence-corrected chi connectivity index (χ0v) is 11.7. The van der Waals surface area contributed by atoms with Crippen LogP contribution in [0.1, 0.15) is 36.9 Å². The molecule has 1 saturated carbocycles. The summed E-state index contributed by atoms with van der Waals surface area (Å²) >= 11 is 0. The number of halogens is 3. The van der Waals surface area contributed by atoms with Crippen molar-refractivity contribution in [3.8, 4) is 0 Å². The van der Waals surface area contributed by atoms with Gasteiger partial charge in [0.1, 0.15) is 0 Å². The lowest BCUT2D eigenvalue weighted by atomic mass is 10.0. The fourth-order valence-corrected chi connectivity index (χ4v) is 2.38. The number of benzene rings is 1. The van der Waals surface area contributed by atoms with Crippen LogP contribution in [-0.2, 0) is 10.9 Å². The third-order valence-electron chi connectivity index (χ3n) is 3.74. The molecule has 1 aromatic carbocycles. The highest BCUT2D eigenvalue weighted by Gasteiger charge is 2.32. The van der Waals surface area contributed by atoms with Crippen LogP contribution in [0.25, 0.3) is 0 Å². The molecule has 0 amide bonds. The van der Waals surface area contributed by atoms with Crippen molar-refractivity contribution in [1.29, 1.82) is 0 Å². The zero-order chi connectivity index (χ0) is 14.8. The van der Waals surface area contributed by atoms with Gasteiger partial charge in [-0.15, -0.1) is 0 Å². The maximum absolute atomic E-state index is 12.5. The van der Waals surface area contributed by atoms with Crippen LogP contribution >= 0.6 is 0 Å². The van der Waals surface area contributed by atoms with E-state index in [-0.39, 0.29) is 12.1 Å². The van der Waals surface area contributed by atoms with Crippen molar-refractivity contribution in [3.05, 3.63) is 35.4 Å². The molecule has 2 rings (SSSR count). The van der Waals surface area contributed by atoms with Gasteiger partial charge in [-0.2, -0.15) is 13.2 Å². The molecule has 2 unspecified atom stereocenters. The van der Waals surface area contributed by atoms with Crippen LogP contribution in [0.15, 0.2) is 24.3 Å². The van der Waals surface area contributed by atoms with Crippen LogP contribution in [-0.4, -0.2) is 19.8 Å². The molecule has 0 aromatic heterocycles. The second-order valence-electron chi connectivity index (χ2n) is 5.41. The normalized spacial score (nSPS) is 18.9. The summed E-state index contributed by atoms with van der Waals surface area (Å²) in [4.78, 5) is 0. The Kier molecular flexibility index (Phi) is 4.70. The first-order chi connectivity index (χ1) is 9.41. The molecule has 0 saturated heterocycles. The highest BCUT2D eigenvalue weighted by Crippen LogP contribution is 2.34. The zero-order valence-electron chi connectivity index (χ0n) is 11.7. The molecule has 5 heteroatoms. The summed E-state index contributed by atoms with van der Waals surface area (Å²) in [5.74, 6) is 0.631. The Morgan fingerprint density at radius 2 is 1.85 bits per heavy atom. The lowest BCUT2D eigenvalue weighted by Gasteiger charge is -2.23. The maximum atomic E-state index is 12.5. The van der Waals surface area contributed by atoms with Crippen LogP contribution < -0.4 is 5.32 Å². The van der Waals surface area contributed by atoms with E-state index in [9.17, 15) is 13.2 Å². The summed E-state index contributed by atoms with van der Waals surface area (Å²) in [5, 5.41) is 3.45. The smallest absolute Gasteiger partial charge is 0.383 e. The van der Waals surface area contributed by atoms with Crippen molar-refractivity contribution in [2.24, 2.45) is 5.92 Å². The van der Waals surface area contributed by atoms with E-state index in [0.29, 0.717) is 12.5 Å². The molecule has 0 spiro atoms. The SMILES string of the molecule is COCC(NC(C)c1ccc(C(F)(F)F)cc1)C1CC1.